The highest BCUT2D eigenvalue weighted by Gasteiger charge is 2.09. The van der Waals surface area contributed by atoms with Crippen molar-refractivity contribution in [2.75, 3.05) is 32.3 Å². The Hall–Kier alpha value is -1.11. The lowest BCUT2D eigenvalue weighted by atomic mass is 10.2. The van der Waals surface area contributed by atoms with Gasteiger partial charge in [-0.2, -0.15) is 0 Å². The molecule has 0 aliphatic heterocycles. The minimum Gasteiger partial charge on any atom is -0.497 e. The van der Waals surface area contributed by atoms with E-state index in [1.807, 2.05) is 25.1 Å². The van der Waals surface area contributed by atoms with Crippen molar-refractivity contribution >= 4 is 10.8 Å². The number of methoxy groups -OCH3 is 1. The highest BCUT2D eigenvalue weighted by molar-refractivity contribution is 7.84. The van der Waals surface area contributed by atoms with Gasteiger partial charge in [0.25, 0.3) is 0 Å². The van der Waals surface area contributed by atoms with Crippen molar-refractivity contribution in [3.63, 3.8) is 0 Å². The van der Waals surface area contributed by atoms with Gasteiger partial charge in [0.1, 0.15) is 24.2 Å². The zero-order valence-electron chi connectivity index (χ0n) is 12.9. The summed E-state index contributed by atoms with van der Waals surface area (Å²) in [6, 6.07) is 7.50. The van der Waals surface area contributed by atoms with Crippen molar-refractivity contribution in [3.8, 4) is 11.5 Å². The molecule has 1 aromatic rings. The highest BCUT2D eigenvalue weighted by atomic mass is 32.2. The van der Waals surface area contributed by atoms with Gasteiger partial charge >= 0.3 is 0 Å². The quantitative estimate of drug-likeness (QED) is 0.679. The largest absolute Gasteiger partial charge is 0.497 e. The topological polar surface area (TPSA) is 67.8 Å². The van der Waals surface area contributed by atoms with Gasteiger partial charge < -0.3 is 19.9 Å². The van der Waals surface area contributed by atoms with E-state index in [0.29, 0.717) is 18.0 Å². The molecule has 0 fully saturated rings. The number of aliphatic hydroxyl groups excluding tert-OH is 1. The number of aliphatic hydroxyl groups is 1. The van der Waals surface area contributed by atoms with Crippen LogP contribution in [0.2, 0.25) is 0 Å². The van der Waals surface area contributed by atoms with Gasteiger partial charge in [-0.25, -0.2) is 0 Å². The lowest BCUT2D eigenvalue weighted by Gasteiger charge is -2.17. The molecule has 0 bridgehead atoms. The number of rotatable bonds is 10. The van der Waals surface area contributed by atoms with Crippen LogP contribution in [0.5, 0.6) is 11.5 Å². The summed E-state index contributed by atoms with van der Waals surface area (Å²) in [4.78, 5) is 0. The molecule has 6 heteroatoms. The second-order valence-corrected chi connectivity index (χ2v) is 6.57. The molecule has 0 saturated heterocycles. The van der Waals surface area contributed by atoms with E-state index in [-0.39, 0.29) is 12.6 Å². The van der Waals surface area contributed by atoms with Crippen LogP contribution >= 0.6 is 0 Å². The summed E-state index contributed by atoms with van der Waals surface area (Å²) in [5.74, 6) is 2.06. The minimum atomic E-state index is -0.771. The maximum Gasteiger partial charge on any atom is 0.123 e. The Morgan fingerprint density at radius 1 is 1.38 bits per heavy atom. The van der Waals surface area contributed by atoms with E-state index >= 15 is 0 Å². The maximum atomic E-state index is 11.0. The van der Waals surface area contributed by atoms with E-state index < -0.39 is 16.9 Å². The van der Waals surface area contributed by atoms with Crippen molar-refractivity contribution in [1.29, 1.82) is 0 Å². The molecule has 0 amide bonds. The molecular weight excluding hydrogens is 290 g/mol. The standard InChI is InChI=1S/C15H25NO4S/c1-12(7-8-21(3)18)16-10-13(17)11-20-15-6-4-5-14(9-15)19-2/h4-6,9,12-13,16-17H,7-8,10-11H2,1-3H3. The number of ether oxygens (including phenoxy) is 2. The van der Waals surface area contributed by atoms with E-state index in [9.17, 15) is 9.32 Å². The Balaban J connectivity index is 2.24. The second-order valence-electron chi connectivity index (χ2n) is 5.02. The van der Waals surface area contributed by atoms with E-state index in [0.717, 1.165) is 12.2 Å². The SMILES string of the molecule is COc1cccc(OCC(O)CNC(C)CCS(C)=O)c1. The molecule has 21 heavy (non-hydrogen) atoms. The van der Waals surface area contributed by atoms with Crippen LogP contribution in [0.3, 0.4) is 0 Å². The summed E-state index contributed by atoms with van der Waals surface area (Å²) < 4.78 is 21.6. The summed E-state index contributed by atoms with van der Waals surface area (Å²) >= 11 is 0. The molecule has 120 valence electrons. The lowest BCUT2D eigenvalue weighted by Crippen LogP contribution is -2.37. The van der Waals surface area contributed by atoms with Gasteiger partial charge in [0.05, 0.1) is 7.11 Å². The molecule has 0 aromatic heterocycles. The van der Waals surface area contributed by atoms with Crippen LogP contribution in [0, 0.1) is 0 Å². The van der Waals surface area contributed by atoms with E-state index in [4.69, 9.17) is 9.47 Å². The molecule has 0 radical (unpaired) electrons. The first kappa shape index (κ1) is 17.9. The molecule has 3 unspecified atom stereocenters. The zero-order chi connectivity index (χ0) is 15.7. The predicted molar refractivity (Wildman–Crippen MR) is 85.5 cm³/mol. The van der Waals surface area contributed by atoms with E-state index in [1.165, 1.54) is 0 Å². The summed E-state index contributed by atoms with van der Waals surface area (Å²) in [6.45, 7) is 2.68. The molecule has 0 saturated carbocycles. The van der Waals surface area contributed by atoms with Crippen molar-refractivity contribution in [1.82, 2.24) is 5.32 Å². The third-order valence-corrected chi connectivity index (χ3v) is 3.83. The van der Waals surface area contributed by atoms with E-state index in [2.05, 4.69) is 5.32 Å². The van der Waals surface area contributed by atoms with Crippen LogP contribution in [0.4, 0.5) is 0 Å². The fourth-order valence-electron chi connectivity index (χ4n) is 1.72. The zero-order valence-corrected chi connectivity index (χ0v) is 13.7. The van der Waals surface area contributed by atoms with Gasteiger partial charge in [0.15, 0.2) is 0 Å². The van der Waals surface area contributed by atoms with Gasteiger partial charge in [-0.05, 0) is 25.5 Å². The number of hydrogen-bond donors (Lipinski definition) is 2. The fraction of sp³-hybridized carbons (Fsp3) is 0.600. The Morgan fingerprint density at radius 3 is 2.76 bits per heavy atom. The van der Waals surface area contributed by atoms with Crippen LogP contribution in [-0.4, -0.2) is 53.7 Å². The van der Waals surface area contributed by atoms with Crippen LogP contribution < -0.4 is 14.8 Å². The first-order valence-electron chi connectivity index (χ1n) is 6.99. The average molecular weight is 315 g/mol. The predicted octanol–water partition coefficient (Wildman–Crippen LogP) is 1.18. The van der Waals surface area contributed by atoms with Crippen LogP contribution in [0.25, 0.3) is 0 Å². The van der Waals surface area contributed by atoms with Crippen LogP contribution in [0.15, 0.2) is 24.3 Å². The Bertz CT molecular complexity index is 441. The number of nitrogens with one attached hydrogen (secondary N) is 1. The van der Waals surface area contributed by atoms with Gasteiger partial charge in [-0.1, -0.05) is 6.07 Å². The molecule has 1 rings (SSSR count). The average Bonchev–Trinajstić information content (AvgIpc) is 2.49. The molecular formula is C15H25NO4S. The molecule has 1 aromatic carbocycles. The molecule has 0 spiro atoms. The smallest absolute Gasteiger partial charge is 0.123 e. The van der Waals surface area contributed by atoms with Gasteiger partial charge in [0, 0.05) is 41.5 Å². The summed E-state index contributed by atoms with van der Waals surface area (Å²) in [5, 5.41) is 13.1. The summed E-state index contributed by atoms with van der Waals surface area (Å²) in [6.07, 6.45) is 1.93. The van der Waals surface area contributed by atoms with E-state index in [1.54, 1.807) is 19.4 Å². The highest BCUT2D eigenvalue weighted by Crippen LogP contribution is 2.18. The third kappa shape index (κ3) is 8.04. The third-order valence-electron chi connectivity index (χ3n) is 3.02. The molecule has 3 atom stereocenters. The van der Waals surface area contributed by atoms with Crippen molar-refractivity contribution in [2.45, 2.75) is 25.5 Å². The maximum absolute atomic E-state index is 11.0. The fourth-order valence-corrected chi connectivity index (χ4v) is 2.41. The van der Waals surface area contributed by atoms with Gasteiger partial charge in [-0.3, -0.25) is 4.21 Å². The molecule has 5 nitrogen and oxygen atoms in total. The molecule has 2 N–H and O–H groups in total. The number of benzene rings is 1. The first-order valence-corrected chi connectivity index (χ1v) is 8.72. The summed E-state index contributed by atoms with van der Waals surface area (Å²) in [7, 11) is 0.829. The normalized spacial score (nSPS) is 15.2. The van der Waals surface area contributed by atoms with Crippen molar-refractivity contribution in [2.24, 2.45) is 0 Å². The Kier molecular flexibility index (Phi) is 8.34. The van der Waals surface area contributed by atoms with Gasteiger partial charge in [-0.15, -0.1) is 0 Å². The molecule has 0 heterocycles. The monoisotopic (exact) mass is 315 g/mol. The number of hydrogen-bond acceptors (Lipinski definition) is 5. The second kappa shape index (κ2) is 9.76. The van der Waals surface area contributed by atoms with Crippen LogP contribution in [-0.2, 0) is 10.8 Å². The first-order chi connectivity index (χ1) is 10.0. The van der Waals surface area contributed by atoms with Crippen molar-refractivity contribution in [3.05, 3.63) is 24.3 Å². The molecule has 0 aliphatic carbocycles. The lowest BCUT2D eigenvalue weighted by molar-refractivity contribution is 0.104. The minimum absolute atomic E-state index is 0.215. The van der Waals surface area contributed by atoms with Crippen molar-refractivity contribution < 1.29 is 18.8 Å². The molecule has 0 aliphatic rings. The summed E-state index contributed by atoms with van der Waals surface area (Å²) in [5.41, 5.74) is 0. The Labute approximate surface area is 129 Å². The van der Waals surface area contributed by atoms with Crippen LogP contribution in [0.1, 0.15) is 13.3 Å². The Morgan fingerprint density at radius 2 is 2.10 bits per heavy atom. The van der Waals surface area contributed by atoms with Gasteiger partial charge in [0.2, 0.25) is 0 Å².